The second kappa shape index (κ2) is 10.9. The monoisotopic (exact) mass is 502 g/mol. The van der Waals surface area contributed by atoms with Gasteiger partial charge in [-0.1, -0.05) is 19.9 Å². The Morgan fingerprint density at radius 1 is 0.892 bits per heavy atom. The van der Waals surface area contributed by atoms with Crippen molar-refractivity contribution in [3.05, 3.63) is 71.0 Å². The lowest BCUT2D eigenvalue weighted by atomic mass is 9.69. The summed E-state index contributed by atoms with van der Waals surface area (Å²) in [5.41, 5.74) is 4.22. The summed E-state index contributed by atoms with van der Waals surface area (Å²) in [7, 11) is 3.76. The van der Waals surface area contributed by atoms with Crippen LogP contribution in [-0.4, -0.2) is 31.1 Å². The average molecular weight is 503 g/mol. The number of benzene rings is 1. The van der Waals surface area contributed by atoms with Crippen LogP contribution in [0.1, 0.15) is 61.4 Å². The number of fused-ring (bicyclic) bond motifs is 1. The van der Waals surface area contributed by atoms with Gasteiger partial charge in [0.2, 0.25) is 0 Å². The maximum absolute atomic E-state index is 14.3. The normalized spacial score (nSPS) is 12.1. The maximum Gasteiger partial charge on any atom is 0.147 e. The number of nitrogens with zero attached hydrogens (tertiary/aromatic N) is 4. The molecule has 4 aromatic rings. The van der Waals surface area contributed by atoms with E-state index in [1.165, 1.54) is 0 Å². The fourth-order valence-electron chi connectivity index (χ4n) is 5.22. The van der Waals surface area contributed by atoms with E-state index in [2.05, 4.69) is 30.1 Å². The van der Waals surface area contributed by atoms with Crippen molar-refractivity contribution in [1.82, 2.24) is 19.6 Å². The zero-order valence-corrected chi connectivity index (χ0v) is 22.9. The molecule has 7 nitrogen and oxygen atoms in total. The number of furan rings is 1. The minimum atomic E-state index is -1.19. The fraction of sp³-hybridized carbons (Fsp3) is 0.467. The lowest BCUT2D eigenvalue weighted by Crippen LogP contribution is -2.44. The van der Waals surface area contributed by atoms with E-state index in [9.17, 15) is 9.59 Å². The summed E-state index contributed by atoms with van der Waals surface area (Å²) in [6.45, 7) is 8.09. The first-order valence-electron chi connectivity index (χ1n) is 13.1. The molecule has 0 unspecified atom stereocenters. The summed E-state index contributed by atoms with van der Waals surface area (Å²) in [6, 6.07) is 11.9. The van der Waals surface area contributed by atoms with Gasteiger partial charge >= 0.3 is 0 Å². The Morgan fingerprint density at radius 3 is 2.03 bits per heavy atom. The van der Waals surface area contributed by atoms with E-state index in [0.717, 1.165) is 45.7 Å². The number of ketones is 2. The molecule has 0 radical (unpaired) electrons. The maximum atomic E-state index is 14.3. The van der Waals surface area contributed by atoms with E-state index in [-0.39, 0.29) is 18.0 Å². The SMILES string of the molecule is Cc1cc(CC(Cc2cc(C)nn2C)(C(=O)CCc2ccc3occc3c2)C(=O)CCC(C)C)n(C)n1. The molecule has 0 amide bonds. The summed E-state index contributed by atoms with van der Waals surface area (Å²) in [6.07, 6.45) is 4.29. The molecule has 37 heavy (non-hydrogen) atoms. The van der Waals surface area contributed by atoms with Crippen molar-refractivity contribution in [3.63, 3.8) is 0 Å². The van der Waals surface area contributed by atoms with Gasteiger partial charge < -0.3 is 4.42 Å². The minimum absolute atomic E-state index is 0.00851. The van der Waals surface area contributed by atoms with Crippen LogP contribution in [0.4, 0.5) is 0 Å². The van der Waals surface area contributed by atoms with Crippen LogP contribution in [0.3, 0.4) is 0 Å². The smallest absolute Gasteiger partial charge is 0.147 e. The van der Waals surface area contributed by atoms with Gasteiger partial charge in [0.05, 0.1) is 23.1 Å². The minimum Gasteiger partial charge on any atom is -0.464 e. The quantitative estimate of drug-likeness (QED) is 0.239. The Kier molecular flexibility index (Phi) is 7.81. The molecular formula is C30H38N4O3. The molecule has 0 spiro atoms. The number of carbonyl (C=O) groups is 2. The van der Waals surface area contributed by atoms with E-state index in [1.54, 1.807) is 15.6 Å². The Morgan fingerprint density at radius 2 is 1.49 bits per heavy atom. The second-order valence-electron chi connectivity index (χ2n) is 10.8. The highest BCUT2D eigenvalue weighted by Crippen LogP contribution is 2.35. The molecule has 0 atom stereocenters. The number of hydrogen-bond acceptors (Lipinski definition) is 5. The predicted octanol–water partition coefficient (Wildman–Crippen LogP) is 5.50. The fourth-order valence-corrected chi connectivity index (χ4v) is 5.22. The molecule has 3 heterocycles. The van der Waals surface area contributed by atoms with Crippen molar-refractivity contribution in [2.24, 2.45) is 25.4 Å². The van der Waals surface area contributed by atoms with E-state index >= 15 is 0 Å². The van der Waals surface area contributed by atoms with Crippen LogP contribution in [0.5, 0.6) is 0 Å². The Labute approximate surface area is 218 Å². The van der Waals surface area contributed by atoms with Gasteiger partial charge in [-0.2, -0.15) is 10.2 Å². The van der Waals surface area contributed by atoms with Crippen molar-refractivity contribution in [1.29, 1.82) is 0 Å². The van der Waals surface area contributed by atoms with Gasteiger partial charge in [0.1, 0.15) is 17.1 Å². The van der Waals surface area contributed by atoms with Crippen molar-refractivity contribution in [3.8, 4) is 0 Å². The number of Topliss-reactive ketones (excluding diaryl/α,β-unsaturated/α-hetero) is 2. The van der Waals surface area contributed by atoms with Crippen molar-refractivity contribution >= 4 is 22.5 Å². The molecular weight excluding hydrogens is 464 g/mol. The third kappa shape index (κ3) is 5.92. The number of aromatic nitrogens is 4. The standard InChI is InChI=1S/C30H38N4O3/c1-20(2)7-11-28(35)30(18-25-15-21(3)31-33(25)5,19-26-16-22(4)32-34(26)6)29(36)12-9-23-8-10-27-24(17-23)13-14-37-27/h8,10,13-17,20H,7,9,11-12,18-19H2,1-6H3. The summed E-state index contributed by atoms with van der Waals surface area (Å²) in [4.78, 5) is 28.4. The van der Waals surface area contributed by atoms with Crippen LogP contribution in [0.25, 0.3) is 11.0 Å². The molecule has 0 bridgehead atoms. The Hall–Kier alpha value is -3.48. The first-order chi connectivity index (χ1) is 17.6. The predicted molar refractivity (Wildman–Crippen MR) is 144 cm³/mol. The highest BCUT2D eigenvalue weighted by Gasteiger charge is 2.45. The zero-order valence-electron chi connectivity index (χ0n) is 22.9. The van der Waals surface area contributed by atoms with Crippen LogP contribution >= 0.6 is 0 Å². The first kappa shape index (κ1) is 26.6. The summed E-state index contributed by atoms with van der Waals surface area (Å²) >= 11 is 0. The lowest BCUT2D eigenvalue weighted by Gasteiger charge is -2.32. The molecule has 0 saturated carbocycles. The number of carbonyl (C=O) groups excluding carboxylic acids is 2. The summed E-state index contributed by atoms with van der Waals surface area (Å²) in [5.74, 6) is 0.358. The molecule has 196 valence electrons. The van der Waals surface area contributed by atoms with Crippen molar-refractivity contribution in [2.45, 2.75) is 66.2 Å². The summed E-state index contributed by atoms with van der Waals surface area (Å²) < 4.78 is 9.06. The van der Waals surface area contributed by atoms with E-state index in [4.69, 9.17) is 4.42 Å². The zero-order chi connectivity index (χ0) is 26.7. The van der Waals surface area contributed by atoms with Gasteiger partial charge in [0, 0.05) is 56.6 Å². The molecule has 0 fully saturated rings. The second-order valence-corrected chi connectivity index (χ2v) is 10.8. The lowest BCUT2D eigenvalue weighted by molar-refractivity contribution is -0.141. The van der Waals surface area contributed by atoms with Gasteiger partial charge in [-0.25, -0.2) is 0 Å². The van der Waals surface area contributed by atoms with E-state index in [0.29, 0.717) is 31.6 Å². The van der Waals surface area contributed by atoms with Crippen LogP contribution in [0.2, 0.25) is 0 Å². The molecule has 3 aromatic heterocycles. The van der Waals surface area contributed by atoms with Gasteiger partial charge in [0.25, 0.3) is 0 Å². The number of aryl methyl sites for hydroxylation is 5. The van der Waals surface area contributed by atoms with E-state index in [1.807, 2.05) is 58.3 Å². The third-order valence-corrected chi connectivity index (χ3v) is 7.34. The Balaban J connectivity index is 1.72. The molecule has 0 N–H and O–H groups in total. The first-order valence-corrected chi connectivity index (χ1v) is 13.1. The molecule has 7 heteroatoms. The largest absolute Gasteiger partial charge is 0.464 e. The van der Waals surface area contributed by atoms with Crippen LogP contribution < -0.4 is 0 Å². The highest BCUT2D eigenvalue weighted by atomic mass is 16.3. The van der Waals surface area contributed by atoms with Gasteiger partial charge in [-0.15, -0.1) is 0 Å². The highest BCUT2D eigenvalue weighted by molar-refractivity contribution is 6.07. The van der Waals surface area contributed by atoms with Crippen LogP contribution in [0, 0.1) is 25.2 Å². The van der Waals surface area contributed by atoms with Gasteiger partial charge in [0.15, 0.2) is 0 Å². The van der Waals surface area contributed by atoms with E-state index < -0.39 is 5.41 Å². The van der Waals surface area contributed by atoms with Crippen molar-refractivity contribution < 1.29 is 14.0 Å². The molecule has 4 rings (SSSR count). The molecule has 1 aromatic carbocycles. The van der Waals surface area contributed by atoms with Gasteiger partial charge in [-0.3, -0.25) is 19.0 Å². The molecule has 0 saturated heterocycles. The van der Waals surface area contributed by atoms with Crippen LogP contribution in [0.15, 0.2) is 47.1 Å². The Bertz CT molecular complexity index is 1360. The molecule has 0 aliphatic carbocycles. The number of rotatable bonds is 12. The number of hydrogen-bond donors (Lipinski definition) is 0. The third-order valence-electron chi connectivity index (χ3n) is 7.34. The van der Waals surface area contributed by atoms with Gasteiger partial charge in [-0.05, 0) is 68.5 Å². The molecule has 0 aliphatic heterocycles. The molecule has 0 aliphatic rings. The van der Waals surface area contributed by atoms with Crippen molar-refractivity contribution in [2.75, 3.05) is 0 Å². The van der Waals surface area contributed by atoms with Crippen LogP contribution in [-0.2, 0) is 42.9 Å². The summed E-state index contributed by atoms with van der Waals surface area (Å²) in [5, 5.41) is 10.0. The topological polar surface area (TPSA) is 82.9 Å². The average Bonchev–Trinajstić information content (AvgIpc) is 3.52.